The van der Waals surface area contributed by atoms with Crippen LogP contribution in [0.2, 0.25) is 0 Å². The van der Waals surface area contributed by atoms with E-state index in [1.165, 1.54) is 10.9 Å². The average molecular weight is 459 g/mol. The lowest BCUT2D eigenvalue weighted by Crippen LogP contribution is -2.19. The van der Waals surface area contributed by atoms with Crippen molar-refractivity contribution in [3.63, 3.8) is 0 Å². The van der Waals surface area contributed by atoms with Gasteiger partial charge in [-0.05, 0) is 0 Å². The van der Waals surface area contributed by atoms with Gasteiger partial charge in [0.15, 0.2) is 23.2 Å². The molecule has 3 rings (SSSR count). The van der Waals surface area contributed by atoms with Crippen molar-refractivity contribution in [2.45, 2.75) is 24.9 Å². The third-order valence-electron chi connectivity index (χ3n) is 3.29. The third kappa shape index (κ3) is 3.46. The monoisotopic (exact) mass is 459 g/mol. The van der Waals surface area contributed by atoms with Gasteiger partial charge in [-0.3, -0.25) is 7.64 Å². The fourth-order valence-electron chi connectivity index (χ4n) is 2.35. The minimum atomic E-state index is -1.92. The maximum Gasteiger partial charge on any atom is 0.312 e. The van der Waals surface area contributed by atoms with Crippen LogP contribution in [-0.4, -0.2) is 48.3 Å². The van der Waals surface area contributed by atoms with Gasteiger partial charge in [0.1, 0.15) is 6.10 Å². The van der Waals surface area contributed by atoms with Gasteiger partial charge in [0.2, 0.25) is 20.6 Å². The summed E-state index contributed by atoms with van der Waals surface area (Å²) in [5.74, 6) is -0.107. The van der Waals surface area contributed by atoms with E-state index < -0.39 is 51.2 Å². The van der Waals surface area contributed by atoms with E-state index in [0.717, 1.165) is 0 Å². The Labute approximate surface area is 139 Å². The van der Waals surface area contributed by atoms with Gasteiger partial charge in [-0.2, -0.15) is 14.4 Å². The number of imidazole rings is 1. The van der Waals surface area contributed by atoms with Crippen molar-refractivity contribution in [3.05, 3.63) is 12.4 Å². The van der Waals surface area contributed by atoms with Crippen molar-refractivity contribution in [2.24, 2.45) is 0 Å². The topological polar surface area (TPSA) is 146 Å². The minimum absolute atomic E-state index is 0.00413. The average Bonchev–Trinajstić information content (AvgIpc) is 3.08. The largest absolute Gasteiger partial charge is 0.388 e. The van der Waals surface area contributed by atoms with Gasteiger partial charge < -0.3 is 25.0 Å². The summed E-state index contributed by atoms with van der Waals surface area (Å²) in [5.41, 5.74) is 5.90. The zero-order valence-electron chi connectivity index (χ0n) is 11.4. The second-order valence-electron chi connectivity index (χ2n) is 4.74. The first kappa shape index (κ1) is 16.9. The Morgan fingerprint density at radius 2 is 2.39 bits per heavy atom. The number of nitrogens with two attached hydrogens (primary N) is 1. The van der Waals surface area contributed by atoms with Crippen LogP contribution >= 0.6 is 26.7 Å². The van der Waals surface area contributed by atoms with Gasteiger partial charge >= 0.3 is 6.08 Å². The highest BCUT2D eigenvalue weighted by molar-refractivity contribution is 14.2. The number of rotatable bonds is 5. The fourth-order valence-corrected chi connectivity index (χ4v) is 3.50. The van der Waals surface area contributed by atoms with Crippen molar-refractivity contribution in [2.75, 3.05) is 12.3 Å². The number of aliphatic hydroxyl groups is 1. The van der Waals surface area contributed by atoms with Crippen LogP contribution in [0.15, 0.2) is 6.33 Å². The molecule has 0 bridgehead atoms. The highest BCUT2D eigenvalue weighted by Gasteiger charge is 2.37. The normalized spacial score (nSPS) is 26.0. The molecule has 0 aliphatic carbocycles. The summed E-state index contributed by atoms with van der Waals surface area (Å²) in [4.78, 5) is 20.2. The second-order valence-corrected chi connectivity index (χ2v) is 9.25. The number of aliphatic hydroxyl groups excluding tert-OH is 1. The molecule has 0 saturated carbocycles. The molecular formula is C10H12FIN5O5P. The Bertz CT molecular complexity index is 735. The Kier molecular flexibility index (Phi) is 5.08. The molecule has 10 nitrogen and oxygen atoms in total. The van der Waals surface area contributed by atoms with Gasteiger partial charge in [0.25, 0.3) is 6.02 Å². The van der Waals surface area contributed by atoms with Crippen molar-refractivity contribution < 1.29 is 26.7 Å². The van der Waals surface area contributed by atoms with Crippen LogP contribution in [0.1, 0.15) is 12.6 Å². The Balaban J connectivity index is 1.81. The van der Waals surface area contributed by atoms with E-state index in [2.05, 4.69) is 15.0 Å². The first-order valence-electron chi connectivity index (χ1n) is 6.38. The quantitative estimate of drug-likeness (QED) is 0.335. The van der Waals surface area contributed by atoms with Gasteiger partial charge in [0.05, 0.1) is 19.0 Å². The van der Waals surface area contributed by atoms with Crippen LogP contribution in [0.4, 0.5) is 10.2 Å². The molecule has 0 amide bonds. The summed E-state index contributed by atoms with van der Waals surface area (Å²) in [7, 11) is 0. The Morgan fingerprint density at radius 1 is 1.61 bits per heavy atom. The van der Waals surface area contributed by atoms with Crippen molar-refractivity contribution >= 4 is 43.6 Å². The number of nitrogens with zero attached hydrogens (tertiary/aromatic N) is 4. The number of hydrogen-bond acceptors (Lipinski definition) is 9. The van der Waals surface area contributed by atoms with Gasteiger partial charge in [-0.25, -0.2) is 4.98 Å². The zero-order valence-corrected chi connectivity index (χ0v) is 14.5. The van der Waals surface area contributed by atoms with Gasteiger partial charge in [0, 0.05) is 6.42 Å². The number of halogens is 2. The van der Waals surface area contributed by atoms with Gasteiger partial charge in [-0.1, -0.05) is 0 Å². The number of ether oxygens (including phenoxy) is 1. The first-order chi connectivity index (χ1) is 11.0. The number of hydrogen-bond donors (Lipinski definition) is 3. The third-order valence-corrected chi connectivity index (χ3v) is 5.61. The van der Waals surface area contributed by atoms with E-state index >= 15 is 0 Å². The molecule has 0 radical (unpaired) electrons. The molecule has 0 aromatic carbocycles. The maximum absolute atomic E-state index is 13.3. The fraction of sp³-hybridized carbons (Fsp3) is 0.500. The summed E-state index contributed by atoms with van der Waals surface area (Å²) < 4.78 is 35.9. The summed E-state index contributed by atoms with van der Waals surface area (Å²) >= 11 is -1.63. The van der Waals surface area contributed by atoms with Crippen LogP contribution < -0.4 is 5.73 Å². The number of nitrogen functional groups attached to an aromatic ring is 1. The summed E-state index contributed by atoms with van der Waals surface area (Å²) in [6.45, 7) is -0.00413. The SMILES string of the molecule is Nc1nc(F)nc2c1ncn2C1OC(COP(O)I=O)CC1O. The molecule has 0 spiro atoms. The molecule has 1 fully saturated rings. The van der Waals surface area contributed by atoms with Crippen LogP contribution in [0, 0.1) is 6.08 Å². The lowest BCUT2D eigenvalue weighted by atomic mass is 10.2. The highest BCUT2D eigenvalue weighted by atomic mass is 127. The van der Waals surface area contributed by atoms with Crippen LogP contribution in [0.3, 0.4) is 0 Å². The number of anilines is 1. The summed E-state index contributed by atoms with van der Waals surface area (Å²) in [6.07, 6.45) is -1.72. The van der Waals surface area contributed by atoms with Crippen molar-refractivity contribution in [3.8, 4) is 0 Å². The molecule has 1 aliphatic heterocycles. The second kappa shape index (κ2) is 6.91. The van der Waals surface area contributed by atoms with Crippen LogP contribution in [0.5, 0.6) is 0 Å². The Morgan fingerprint density at radius 3 is 3.13 bits per heavy atom. The summed E-state index contributed by atoms with van der Waals surface area (Å²) in [5, 5.41) is 10.1. The molecule has 126 valence electrons. The molecule has 3 heterocycles. The van der Waals surface area contributed by atoms with Crippen LogP contribution in [0.25, 0.3) is 11.2 Å². The Hall–Kier alpha value is -0.920. The van der Waals surface area contributed by atoms with E-state index in [1.54, 1.807) is 0 Å². The molecule has 1 aliphatic rings. The molecule has 13 heteroatoms. The van der Waals surface area contributed by atoms with Crippen LogP contribution in [-0.2, 0) is 12.3 Å². The molecule has 1 saturated heterocycles. The molecule has 2 aromatic rings. The molecule has 4 unspecified atom stereocenters. The number of fused-ring (bicyclic) bond motifs is 1. The van der Waals surface area contributed by atoms with E-state index in [4.69, 9.17) is 15.0 Å². The highest BCUT2D eigenvalue weighted by Crippen LogP contribution is 2.46. The molecular weight excluding hydrogens is 447 g/mol. The number of aromatic nitrogens is 4. The standard InChI is InChI=1S/C10H12FIN5O5P/c11-10-15-7(13)6-8(16-10)17(3-14-6)9-5(18)1-4(22-9)2-21-23(20)12-19/h3-5,9,18,20H,1-2H2,(H2,13,15,16). The van der Waals surface area contributed by atoms with E-state index in [9.17, 15) is 17.5 Å². The lowest BCUT2D eigenvalue weighted by Gasteiger charge is -2.17. The van der Waals surface area contributed by atoms with E-state index in [0.29, 0.717) is 0 Å². The van der Waals surface area contributed by atoms with Crippen molar-refractivity contribution in [1.29, 1.82) is 0 Å². The predicted molar refractivity (Wildman–Crippen MR) is 84.0 cm³/mol. The molecule has 23 heavy (non-hydrogen) atoms. The summed E-state index contributed by atoms with van der Waals surface area (Å²) in [6, 6.07) is -1.92. The molecule has 2 aromatic heterocycles. The van der Waals surface area contributed by atoms with Crippen molar-refractivity contribution in [1.82, 2.24) is 19.5 Å². The predicted octanol–water partition coefficient (Wildman–Crippen LogP) is 0.748. The maximum atomic E-state index is 13.3. The smallest absolute Gasteiger partial charge is 0.312 e. The first-order valence-corrected chi connectivity index (χ1v) is 11.3. The van der Waals surface area contributed by atoms with E-state index in [-0.39, 0.29) is 30.0 Å². The van der Waals surface area contributed by atoms with E-state index in [1.807, 2.05) is 0 Å². The molecule has 4 atom stereocenters. The molecule has 4 N–H and O–H groups in total. The minimum Gasteiger partial charge on any atom is -0.388 e. The van der Waals surface area contributed by atoms with Gasteiger partial charge in [-0.15, -0.1) is 0 Å². The zero-order chi connectivity index (χ0) is 16.6. The lowest BCUT2D eigenvalue weighted by molar-refractivity contribution is -0.0452.